The van der Waals surface area contributed by atoms with Crippen molar-refractivity contribution in [2.75, 3.05) is 0 Å². The summed E-state index contributed by atoms with van der Waals surface area (Å²) in [5, 5.41) is 18.2. The smallest absolute Gasteiger partial charge is 0.320 e. The van der Waals surface area contributed by atoms with Gasteiger partial charge in [0.2, 0.25) is 12.1 Å². The molecule has 2 aromatic rings. The minimum absolute atomic E-state index is 0.0540. The van der Waals surface area contributed by atoms with Gasteiger partial charge in [-0.3, -0.25) is 4.79 Å². The average molecular weight is 357 g/mol. The Bertz CT molecular complexity index is 663. The van der Waals surface area contributed by atoms with E-state index in [9.17, 15) is 4.79 Å². The van der Waals surface area contributed by atoms with Crippen LogP contribution in [0.25, 0.3) is 0 Å². The Morgan fingerprint density at radius 2 is 1.88 bits per heavy atom. The molecular weight excluding hydrogens is 340 g/mol. The van der Waals surface area contributed by atoms with E-state index in [4.69, 9.17) is 31.7 Å². The van der Waals surface area contributed by atoms with Crippen molar-refractivity contribution in [3.63, 3.8) is 0 Å². The molecular formula is C14H17ClN4O5. The molecule has 24 heavy (non-hydrogen) atoms. The fourth-order valence-electron chi connectivity index (χ4n) is 1.62. The van der Waals surface area contributed by atoms with Crippen LogP contribution in [0.4, 0.5) is 0 Å². The zero-order valence-corrected chi connectivity index (χ0v) is 14.1. The van der Waals surface area contributed by atoms with E-state index in [0.29, 0.717) is 10.8 Å². The van der Waals surface area contributed by atoms with E-state index >= 15 is 0 Å². The molecule has 0 spiro atoms. The highest BCUT2D eigenvalue weighted by atomic mass is 35.5. The molecule has 1 aromatic carbocycles. The van der Waals surface area contributed by atoms with Crippen LogP contribution in [0.2, 0.25) is 5.02 Å². The molecule has 1 aromatic heterocycles. The topological polar surface area (TPSA) is 125 Å². The number of H-pyrrole nitrogens is 1. The molecule has 130 valence electrons. The molecule has 0 fully saturated rings. The van der Waals surface area contributed by atoms with Crippen LogP contribution in [-0.4, -0.2) is 21.0 Å². The van der Waals surface area contributed by atoms with Crippen LogP contribution in [0, 0.1) is 20.7 Å². The van der Waals surface area contributed by atoms with Crippen molar-refractivity contribution >= 4 is 17.4 Å². The minimum Gasteiger partial charge on any atom is -0.443 e. The number of aromatic amines is 1. The molecule has 0 aliphatic heterocycles. The molecule has 0 aliphatic carbocycles. The van der Waals surface area contributed by atoms with Gasteiger partial charge in [0.05, 0.1) is 5.09 Å². The highest BCUT2D eigenvalue weighted by Gasteiger charge is 2.36. The van der Waals surface area contributed by atoms with E-state index in [0.717, 1.165) is 0 Å². The van der Waals surface area contributed by atoms with Gasteiger partial charge >= 0.3 is 12.6 Å². The molecule has 0 amide bonds. The first-order valence-electron chi connectivity index (χ1n) is 6.79. The summed E-state index contributed by atoms with van der Waals surface area (Å²) in [5.41, 5.74) is -0.533. The number of Topliss-reactive ketones (excluding diaryl/α,β-unsaturated/α-hetero) is 1. The maximum atomic E-state index is 12.5. The summed E-state index contributed by atoms with van der Waals surface area (Å²) < 4.78 is 7.32. The van der Waals surface area contributed by atoms with Gasteiger partial charge in [-0.1, -0.05) is 32.4 Å². The van der Waals surface area contributed by atoms with Crippen LogP contribution < -0.4 is 9.42 Å². The van der Waals surface area contributed by atoms with Crippen LogP contribution in [0.1, 0.15) is 27.0 Å². The van der Waals surface area contributed by atoms with Crippen LogP contribution >= 0.6 is 11.6 Å². The van der Waals surface area contributed by atoms with Crippen LogP contribution in [-0.2, 0) is 4.79 Å². The number of hydrogen-bond acceptors (Lipinski definition) is 6. The number of ether oxygens (including phenoxy) is 1. The molecule has 1 unspecified atom stereocenters. The lowest BCUT2D eigenvalue weighted by Crippen LogP contribution is -2.51. The number of aromatic nitrogens is 3. The maximum absolute atomic E-state index is 12.5. The van der Waals surface area contributed by atoms with Gasteiger partial charge in [0, 0.05) is 10.4 Å². The largest absolute Gasteiger partial charge is 0.443 e. The summed E-state index contributed by atoms with van der Waals surface area (Å²) in [7, 11) is 0. The van der Waals surface area contributed by atoms with Gasteiger partial charge < -0.3 is 20.1 Å². The number of benzene rings is 1. The molecule has 1 heterocycles. The third-order valence-electron chi connectivity index (χ3n) is 2.75. The second-order valence-electron chi connectivity index (χ2n) is 5.69. The Labute approximate surface area is 142 Å². The summed E-state index contributed by atoms with van der Waals surface area (Å²) in [6.07, 6.45) is 2.22. The Kier molecular flexibility index (Phi) is 6.66. The summed E-state index contributed by atoms with van der Waals surface area (Å²) in [5.74, 6) is 0.515. The number of hydrogen-bond donors (Lipinski definition) is 1. The van der Waals surface area contributed by atoms with Gasteiger partial charge in [-0.15, -0.1) is 4.68 Å². The number of halogens is 1. The van der Waals surface area contributed by atoms with E-state index < -0.39 is 16.7 Å². The SMILES string of the molecule is CC(C)(C)C(=O)C(Oc1ccc(Cl)cc1)[n+]1cnc[nH]1.O=[N+]([O-])[O-]. The van der Waals surface area contributed by atoms with Crippen LogP contribution in [0.15, 0.2) is 36.9 Å². The number of nitrogens with zero attached hydrogens (tertiary/aromatic N) is 3. The summed E-state index contributed by atoms with van der Waals surface area (Å²) >= 11 is 5.84. The van der Waals surface area contributed by atoms with E-state index in [2.05, 4.69) is 10.1 Å². The number of rotatable bonds is 4. The van der Waals surface area contributed by atoms with Gasteiger partial charge in [-0.25, -0.2) is 0 Å². The zero-order chi connectivity index (χ0) is 18.3. The first-order valence-corrected chi connectivity index (χ1v) is 7.16. The summed E-state index contributed by atoms with van der Waals surface area (Å²) in [6.45, 7) is 5.56. The second-order valence-corrected chi connectivity index (χ2v) is 6.13. The van der Waals surface area contributed by atoms with Crippen molar-refractivity contribution in [3.8, 4) is 5.75 Å². The molecule has 0 aliphatic rings. The van der Waals surface area contributed by atoms with Crippen molar-refractivity contribution in [1.29, 1.82) is 0 Å². The number of nitrogens with one attached hydrogen (secondary N) is 1. The molecule has 0 bridgehead atoms. The molecule has 10 heteroatoms. The van der Waals surface area contributed by atoms with E-state index in [1.165, 1.54) is 17.3 Å². The van der Waals surface area contributed by atoms with Crippen molar-refractivity contribution < 1.29 is 19.3 Å². The van der Waals surface area contributed by atoms with Gasteiger partial charge in [0.15, 0.2) is 0 Å². The Hall–Kier alpha value is -2.68. The quantitative estimate of drug-likeness (QED) is 0.509. The lowest BCUT2D eigenvalue weighted by molar-refractivity contribution is -0.788. The van der Waals surface area contributed by atoms with Crippen molar-refractivity contribution in [3.05, 3.63) is 57.3 Å². The van der Waals surface area contributed by atoms with E-state index in [1.54, 1.807) is 24.3 Å². The van der Waals surface area contributed by atoms with Gasteiger partial charge in [0.1, 0.15) is 5.75 Å². The Morgan fingerprint density at radius 3 is 2.29 bits per heavy atom. The van der Waals surface area contributed by atoms with E-state index in [-0.39, 0.29) is 5.78 Å². The molecule has 9 nitrogen and oxygen atoms in total. The first-order chi connectivity index (χ1) is 11.1. The number of ketones is 1. The molecule has 1 N–H and O–H groups in total. The monoisotopic (exact) mass is 356 g/mol. The zero-order valence-electron chi connectivity index (χ0n) is 13.3. The molecule has 0 saturated carbocycles. The summed E-state index contributed by atoms with van der Waals surface area (Å²) in [4.78, 5) is 24.7. The highest BCUT2D eigenvalue weighted by Crippen LogP contribution is 2.24. The normalized spacial score (nSPS) is 11.8. The Morgan fingerprint density at radius 1 is 1.33 bits per heavy atom. The van der Waals surface area contributed by atoms with Crippen LogP contribution in [0.5, 0.6) is 5.75 Å². The summed E-state index contributed by atoms with van der Waals surface area (Å²) in [6, 6.07) is 6.88. The lowest BCUT2D eigenvalue weighted by atomic mass is 9.90. The average Bonchev–Trinajstić information content (AvgIpc) is 2.98. The minimum atomic E-state index is -1.75. The van der Waals surface area contributed by atoms with Crippen molar-refractivity contribution in [1.82, 2.24) is 10.1 Å². The van der Waals surface area contributed by atoms with Crippen LogP contribution in [0.3, 0.4) is 0 Å². The maximum Gasteiger partial charge on any atom is 0.320 e. The van der Waals surface area contributed by atoms with E-state index in [1.807, 2.05) is 20.8 Å². The molecule has 0 saturated heterocycles. The van der Waals surface area contributed by atoms with Gasteiger partial charge in [-0.05, 0) is 29.2 Å². The van der Waals surface area contributed by atoms with Crippen molar-refractivity contribution in [2.45, 2.75) is 27.0 Å². The van der Waals surface area contributed by atoms with Gasteiger partial charge in [-0.2, -0.15) is 5.10 Å². The predicted molar refractivity (Wildman–Crippen MR) is 84.7 cm³/mol. The number of carbonyl (C=O) groups is 1. The lowest BCUT2D eigenvalue weighted by Gasteiger charge is -2.22. The van der Waals surface area contributed by atoms with Crippen molar-refractivity contribution in [2.24, 2.45) is 5.41 Å². The molecule has 2 rings (SSSR count). The molecule has 1 atom stereocenters. The number of carbonyl (C=O) groups excluding carboxylic acids is 1. The Balaban J connectivity index is 0.000000648. The molecule has 0 radical (unpaired) electrons. The predicted octanol–water partition coefficient (Wildman–Crippen LogP) is 2.30. The fraction of sp³-hybridized carbons (Fsp3) is 0.357. The third kappa shape index (κ3) is 6.21. The highest BCUT2D eigenvalue weighted by molar-refractivity contribution is 6.30. The van der Waals surface area contributed by atoms with Gasteiger partial charge in [0.25, 0.3) is 0 Å². The standard InChI is InChI=1S/C14H16ClN3O2.NO3/c1-14(2,3)12(19)13(18-9-16-8-17-18)20-11-6-4-10(15)5-7-11;2-1(3)4/h4-9,13H,1-3H3;/q;-1/p+1. The first kappa shape index (κ1) is 19.4. The second kappa shape index (κ2) is 8.25. The third-order valence-corrected chi connectivity index (χ3v) is 3.00. The fourth-order valence-corrected chi connectivity index (χ4v) is 1.74.